The zero-order valence-corrected chi connectivity index (χ0v) is 13.1. The third-order valence-electron chi connectivity index (χ3n) is 3.84. The van der Waals surface area contributed by atoms with Crippen LogP contribution >= 0.6 is 11.6 Å². The lowest BCUT2D eigenvalue weighted by molar-refractivity contribution is 0.104. The van der Waals surface area contributed by atoms with Crippen LogP contribution in [0.25, 0.3) is 0 Å². The van der Waals surface area contributed by atoms with Gasteiger partial charge in [0.1, 0.15) is 0 Å². The molecular weight excluding hydrogens is 280 g/mol. The van der Waals surface area contributed by atoms with E-state index in [9.17, 15) is 0 Å². The molecule has 3 atom stereocenters. The highest BCUT2D eigenvalue weighted by atomic mass is 35.5. The van der Waals surface area contributed by atoms with Crippen LogP contribution in [0, 0.1) is 5.92 Å². The van der Waals surface area contributed by atoms with Gasteiger partial charge >= 0.3 is 0 Å². The average Bonchev–Trinajstić information content (AvgIpc) is 2.90. The lowest BCUT2D eigenvalue weighted by atomic mass is 9.92. The van der Waals surface area contributed by atoms with E-state index in [1.165, 1.54) is 0 Å². The second-order valence-electron chi connectivity index (χ2n) is 4.85. The van der Waals surface area contributed by atoms with Crippen molar-refractivity contribution in [3.05, 3.63) is 17.7 Å². The van der Waals surface area contributed by atoms with Gasteiger partial charge in [0.25, 0.3) is 0 Å². The molecule has 20 heavy (non-hydrogen) atoms. The van der Waals surface area contributed by atoms with Crippen LogP contribution in [0.4, 0.5) is 0 Å². The predicted molar refractivity (Wildman–Crippen MR) is 78.2 cm³/mol. The molecule has 1 heterocycles. The fourth-order valence-electron chi connectivity index (χ4n) is 2.70. The summed E-state index contributed by atoms with van der Waals surface area (Å²) in [7, 11) is 4.80. The maximum absolute atomic E-state index is 6.66. The van der Waals surface area contributed by atoms with Crippen LogP contribution < -0.4 is 14.2 Å². The molecule has 4 nitrogen and oxygen atoms in total. The fourth-order valence-corrected chi connectivity index (χ4v) is 3.21. The fraction of sp³-hybridized carbons (Fsp3) is 0.600. The summed E-state index contributed by atoms with van der Waals surface area (Å²) in [5.41, 5.74) is 0.911. The summed E-state index contributed by atoms with van der Waals surface area (Å²) in [6, 6.07) is 3.79. The van der Waals surface area contributed by atoms with Crippen molar-refractivity contribution in [2.45, 2.75) is 24.8 Å². The second kappa shape index (κ2) is 6.55. The molecule has 112 valence electrons. The zero-order chi connectivity index (χ0) is 14.7. The minimum absolute atomic E-state index is 0.148. The number of hydrogen-bond acceptors (Lipinski definition) is 4. The molecule has 0 aromatic heterocycles. The van der Waals surface area contributed by atoms with Crippen LogP contribution in [0.3, 0.4) is 0 Å². The Morgan fingerprint density at radius 1 is 1.15 bits per heavy atom. The quantitative estimate of drug-likeness (QED) is 0.781. The molecule has 1 aromatic rings. The van der Waals surface area contributed by atoms with Gasteiger partial charge in [0.15, 0.2) is 11.5 Å². The molecule has 1 aliphatic heterocycles. The van der Waals surface area contributed by atoms with E-state index in [4.69, 9.17) is 30.5 Å². The van der Waals surface area contributed by atoms with E-state index < -0.39 is 0 Å². The van der Waals surface area contributed by atoms with Gasteiger partial charge in [-0.25, -0.2) is 0 Å². The number of benzene rings is 1. The van der Waals surface area contributed by atoms with Gasteiger partial charge in [0, 0.05) is 18.1 Å². The molecule has 0 bridgehead atoms. The molecule has 0 aliphatic carbocycles. The largest absolute Gasteiger partial charge is 0.493 e. The highest BCUT2D eigenvalue weighted by molar-refractivity contribution is 6.21. The van der Waals surface area contributed by atoms with Crippen molar-refractivity contribution in [1.82, 2.24) is 0 Å². The molecule has 0 amide bonds. The van der Waals surface area contributed by atoms with Crippen molar-refractivity contribution >= 4 is 11.6 Å². The number of rotatable bonds is 5. The normalized spacial score (nSPS) is 23.4. The molecule has 1 aromatic carbocycles. The molecule has 0 spiro atoms. The molecule has 0 saturated carbocycles. The van der Waals surface area contributed by atoms with E-state index in [0.717, 1.165) is 18.6 Å². The number of halogens is 1. The third-order valence-corrected chi connectivity index (χ3v) is 4.40. The summed E-state index contributed by atoms with van der Waals surface area (Å²) in [6.07, 6.45) is 1.10. The van der Waals surface area contributed by atoms with Gasteiger partial charge in [0.2, 0.25) is 5.75 Å². The smallest absolute Gasteiger partial charge is 0.203 e. The summed E-state index contributed by atoms with van der Waals surface area (Å²) in [5, 5.41) is -0.178. The van der Waals surface area contributed by atoms with Crippen LogP contribution in [0.1, 0.15) is 24.3 Å². The van der Waals surface area contributed by atoms with Crippen molar-refractivity contribution in [2.75, 3.05) is 27.9 Å². The molecule has 5 heteroatoms. The molecule has 1 aliphatic rings. The summed E-state index contributed by atoms with van der Waals surface area (Å²) in [5.74, 6) is 2.10. The highest BCUT2D eigenvalue weighted by Gasteiger charge is 2.34. The molecule has 0 radical (unpaired) electrons. The van der Waals surface area contributed by atoms with Gasteiger partial charge in [-0.2, -0.15) is 0 Å². The Morgan fingerprint density at radius 3 is 2.35 bits per heavy atom. The van der Waals surface area contributed by atoms with Gasteiger partial charge in [-0.15, -0.1) is 11.6 Å². The van der Waals surface area contributed by atoms with Crippen LogP contribution in [0.2, 0.25) is 0 Å². The van der Waals surface area contributed by atoms with Gasteiger partial charge in [-0.3, -0.25) is 0 Å². The lowest BCUT2D eigenvalue weighted by Gasteiger charge is -2.24. The Labute approximate surface area is 124 Å². The molecule has 2 rings (SSSR count). The van der Waals surface area contributed by atoms with Crippen molar-refractivity contribution in [3.8, 4) is 17.2 Å². The van der Waals surface area contributed by atoms with Crippen LogP contribution in [-0.4, -0.2) is 34.0 Å². The monoisotopic (exact) mass is 300 g/mol. The van der Waals surface area contributed by atoms with Gasteiger partial charge < -0.3 is 18.9 Å². The lowest BCUT2D eigenvalue weighted by Crippen LogP contribution is -2.17. The summed E-state index contributed by atoms with van der Waals surface area (Å²) in [4.78, 5) is 0. The maximum atomic E-state index is 6.66. The van der Waals surface area contributed by atoms with Crippen molar-refractivity contribution in [3.63, 3.8) is 0 Å². The Kier molecular flexibility index (Phi) is 5.00. The van der Waals surface area contributed by atoms with Crippen molar-refractivity contribution in [1.29, 1.82) is 0 Å². The van der Waals surface area contributed by atoms with Crippen molar-refractivity contribution < 1.29 is 18.9 Å². The Hall–Kier alpha value is -1.13. The van der Waals surface area contributed by atoms with Gasteiger partial charge in [-0.05, 0) is 25.5 Å². The van der Waals surface area contributed by atoms with E-state index in [2.05, 4.69) is 6.92 Å². The van der Waals surface area contributed by atoms with E-state index in [-0.39, 0.29) is 17.4 Å². The first-order valence-corrected chi connectivity index (χ1v) is 7.12. The van der Waals surface area contributed by atoms with Crippen molar-refractivity contribution in [2.24, 2.45) is 5.92 Å². The van der Waals surface area contributed by atoms with Crippen LogP contribution in [0.5, 0.6) is 17.2 Å². The minimum atomic E-state index is -0.178. The number of ether oxygens (including phenoxy) is 4. The second-order valence-corrected chi connectivity index (χ2v) is 5.32. The summed E-state index contributed by atoms with van der Waals surface area (Å²) in [6.45, 7) is 2.81. The topological polar surface area (TPSA) is 36.9 Å². The van der Waals surface area contributed by atoms with Gasteiger partial charge in [-0.1, -0.05) is 0 Å². The standard InChI is InChI=1S/C15H21ClO4/c1-9-10(7-8-20-9)13(16)11-5-6-12(17-2)15(19-4)14(11)18-3/h5-6,9-10,13H,7-8H2,1-4H3. The summed E-state index contributed by atoms with van der Waals surface area (Å²) < 4.78 is 21.8. The minimum Gasteiger partial charge on any atom is -0.493 e. The third kappa shape index (κ3) is 2.67. The van der Waals surface area contributed by atoms with Crippen LogP contribution in [-0.2, 0) is 4.74 Å². The number of hydrogen-bond donors (Lipinski definition) is 0. The average molecular weight is 301 g/mol. The molecule has 1 saturated heterocycles. The first-order chi connectivity index (χ1) is 9.63. The number of methoxy groups -OCH3 is 3. The van der Waals surface area contributed by atoms with E-state index in [0.29, 0.717) is 17.2 Å². The first kappa shape index (κ1) is 15.3. The first-order valence-electron chi connectivity index (χ1n) is 6.68. The Bertz CT molecular complexity index is 463. The Balaban J connectivity index is 2.40. The van der Waals surface area contributed by atoms with Gasteiger partial charge in [0.05, 0.1) is 32.8 Å². The molecular formula is C15H21ClO4. The predicted octanol–water partition coefficient (Wildman–Crippen LogP) is 3.42. The SMILES string of the molecule is COc1ccc(C(Cl)C2CCOC2C)c(OC)c1OC. The van der Waals surface area contributed by atoms with E-state index in [1.807, 2.05) is 12.1 Å². The highest BCUT2D eigenvalue weighted by Crippen LogP contribution is 2.47. The Morgan fingerprint density at radius 2 is 1.85 bits per heavy atom. The van der Waals surface area contributed by atoms with E-state index >= 15 is 0 Å². The maximum Gasteiger partial charge on any atom is 0.203 e. The molecule has 0 N–H and O–H groups in total. The molecule has 3 unspecified atom stereocenters. The zero-order valence-electron chi connectivity index (χ0n) is 12.3. The summed E-state index contributed by atoms with van der Waals surface area (Å²) >= 11 is 6.66. The van der Waals surface area contributed by atoms with E-state index in [1.54, 1.807) is 21.3 Å². The number of alkyl halides is 1. The molecule has 1 fully saturated rings. The van der Waals surface area contributed by atoms with Crippen LogP contribution in [0.15, 0.2) is 12.1 Å².